The average molecular weight is 247 g/mol. The van der Waals surface area contributed by atoms with E-state index >= 15 is 0 Å². The maximum Gasteiger partial charge on any atom is 0.120 e. The lowest BCUT2D eigenvalue weighted by atomic mass is 9.66. The Hall–Kier alpha value is -1.02. The molecule has 2 rings (SSSR count). The minimum Gasteiger partial charge on any atom is -0.508 e. The van der Waals surface area contributed by atoms with Gasteiger partial charge < -0.3 is 10.8 Å². The van der Waals surface area contributed by atoms with Gasteiger partial charge in [-0.3, -0.25) is 0 Å². The number of aromatic hydroxyl groups is 1. The average Bonchev–Trinajstić information content (AvgIpc) is 2.33. The van der Waals surface area contributed by atoms with Crippen LogP contribution in [0.1, 0.15) is 57.1 Å². The predicted molar refractivity (Wildman–Crippen MR) is 75.6 cm³/mol. The molecule has 2 nitrogen and oxygen atoms in total. The fraction of sp³-hybridized carbons (Fsp3) is 0.625. The molecule has 2 atom stereocenters. The molecule has 0 aliphatic heterocycles. The summed E-state index contributed by atoms with van der Waals surface area (Å²) >= 11 is 0. The highest BCUT2D eigenvalue weighted by molar-refractivity contribution is 5.46. The van der Waals surface area contributed by atoms with Crippen LogP contribution in [0.5, 0.6) is 5.75 Å². The molecule has 100 valence electrons. The standard InChI is InChI=1S/C16H25NO/c1-3-6-13-10-9-12-7-5-8-14(18)15(12)16(13,17)11-4-2/h5,7-8,13,18H,3-4,6,9-11,17H2,1-2H3. The summed E-state index contributed by atoms with van der Waals surface area (Å²) < 4.78 is 0. The van der Waals surface area contributed by atoms with Gasteiger partial charge in [-0.1, -0.05) is 38.8 Å². The third-order valence-electron chi connectivity index (χ3n) is 4.39. The molecule has 0 spiro atoms. The van der Waals surface area contributed by atoms with Crippen LogP contribution in [0.2, 0.25) is 0 Å². The highest BCUT2D eigenvalue weighted by Gasteiger charge is 2.41. The fourth-order valence-corrected chi connectivity index (χ4v) is 3.62. The number of aryl methyl sites for hydroxylation is 1. The summed E-state index contributed by atoms with van der Waals surface area (Å²) in [6.45, 7) is 4.39. The van der Waals surface area contributed by atoms with Crippen LogP contribution in [0.3, 0.4) is 0 Å². The second-order valence-electron chi connectivity index (χ2n) is 5.63. The molecule has 0 saturated heterocycles. The lowest BCUT2D eigenvalue weighted by Gasteiger charge is -2.43. The SMILES string of the molecule is CCCC1CCc2cccc(O)c2C1(N)CCC. The van der Waals surface area contributed by atoms with Crippen molar-refractivity contribution >= 4 is 0 Å². The molecule has 2 unspecified atom stereocenters. The topological polar surface area (TPSA) is 46.2 Å². The van der Waals surface area contributed by atoms with Crippen LogP contribution < -0.4 is 5.73 Å². The van der Waals surface area contributed by atoms with Gasteiger partial charge in [-0.15, -0.1) is 0 Å². The van der Waals surface area contributed by atoms with Gasteiger partial charge in [0.1, 0.15) is 5.75 Å². The lowest BCUT2D eigenvalue weighted by Crippen LogP contribution is -2.47. The van der Waals surface area contributed by atoms with Crippen LogP contribution in [0.4, 0.5) is 0 Å². The number of phenolic OH excluding ortho intramolecular Hbond substituents is 1. The van der Waals surface area contributed by atoms with Crippen molar-refractivity contribution in [3.05, 3.63) is 29.3 Å². The molecule has 2 heteroatoms. The van der Waals surface area contributed by atoms with E-state index in [1.807, 2.05) is 6.07 Å². The van der Waals surface area contributed by atoms with Gasteiger partial charge in [0.25, 0.3) is 0 Å². The van der Waals surface area contributed by atoms with Crippen molar-refractivity contribution in [3.8, 4) is 5.75 Å². The van der Waals surface area contributed by atoms with E-state index in [1.165, 1.54) is 5.56 Å². The van der Waals surface area contributed by atoms with Crippen LogP contribution in [-0.4, -0.2) is 5.11 Å². The Morgan fingerprint density at radius 1 is 1.33 bits per heavy atom. The Labute approximate surface area is 110 Å². The van der Waals surface area contributed by atoms with Crippen molar-refractivity contribution in [2.75, 3.05) is 0 Å². The normalized spacial score (nSPS) is 26.9. The van der Waals surface area contributed by atoms with Crippen molar-refractivity contribution in [3.63, 3.8) is 0 Å². The number of phenols is 1. The zero-order valence-corrected chi connectivity index (χ0v) is 11.6. The highest BCUT2D eigenvalue weighted by Crippen LogP contribution is 2.46. The molecule has 1 aliphatic rings. The van der Waals surface area contributed by atoms with E-state index in [-0.39, 0.29) is 5.54 Å². The Kier molecular flexibility index (Phi) is 3.96. The van der Waals surface area contributed by atoms with E-state index < -0.39 is 0 Å². The van der Waals surface area contributed by atoms with E-state index in [9.17, 15) is 5.11 Å². The summed E-state index contributed by atoms with van der Waals surface area (Å²) in [6, 6.07) is 5.83. The number of hydrogen-bond donors (Lipinski definition) is 2. The largest absolute Gasteiger partial charge is 0.508 e. The first-order valence-corrected chi connectivity index (χ1v) is 7.23. The summed E-state index contributed by atoms with van der Waals surface area (Å²) in [6.07, 6.45) is 6.55. The van der Waals surface area contributed by atoms with E-state index in [0.29, 0.717) is 11.7 Å². The Morgan fingerprint density at radius 3 is 2.78 bits per heavy atom. The summed E-state index contributed by atoms with van der Waals surface area (Å²) in [4.78, 5) is 0. The van der Waals surface area contributed by atoms with Crippen LogP contribution in [0.15, 0.2) is 18.2 Å². The second-order valence-corrected chi connectivity index (χ2v) is 5.63. The molecule has 3 N–H and O–H groups in total. The van der Waals surface area contributed by atoms with Crippen LogP contribution >= 0.6 is 0 Å². The van der Waals surface area contributed by atoms with Crippen molar-refractivity contribution in [2.45, 2.75) is 57.9 Å². The summed E-state index contributed by atoms with van der Waals surface area (Å²) in [7, 11) is 0. The number of fused-ring (bicyclic) bond motifs is 1. The van der Waals surface area contributed by atoms with Gasteiger partial charge in [-0.25, -0.2) is 0 Å². The lowest BCUT2D eigenvalue weighted by molar-refractivity contribution is 0.201. The number of benzene rings is 1. The van der Waals surface area contributed by atoms with Crippen LogP contribution in [-0.2, 0) is 12.0 Å². The van der Waals surface area contributed by atoms with Gasteiger partial charge >= 0.3 is 0 Å². The van der Waals surface area contributed by atoms with Gasteiger partial charge in [0.2, 0.25) is 0 Å². The summed E-state index contributed by atoms with van der Waals surface area (Å²) in [5.74, 6) is 0.896. The van der Waals surface area contributed by atoms with E-state index in [2.05, 4.69) is 19.9 Å². The third-order valence-corrected chi connectivity index (χ3v) is 4.39. The highest BCUT2D eigenvalue weighted by atomic mass is 16.3. The molecular formula is C16H25NO. The molecule has 0 bridgehead atoms. The Morgan fingerprint density at radius 2 is 2.11 bits per heavy atom. The fourth-order valence-electron chi connectivity index (χ4n) is 3.62. The van der Waals surface area contributed by atoms with E-state index in [4.69, 9.17) is 5.73 Å². The zero-order chi connectivity index (χ0) is 13.2. The maximum absolute atomic E-state index is 10.2. The van der Waals surface area contributed by atoms with Crippen LogP contribution in [0, 0.1) is 5.92 Å². The van der Waals surface area contributed by atoms with Gasteiger partial charge in [0, 0.05) is 11.1 Å². The number of rotatable bonds is 4. The molecular weight excluding hydrogens is 222 g/mol. The van der Waals surface area contributed by atoms with E-state index in [0.717, 1.165) is 44.1 Å². The van der Waals surface area contributed by atoms with Crippen molar-refractivity contribution in [1.29, 1.82) is 0 Å². The molecule has 1 aliphatic carbocycles. The van der Waals surface area contributed by atoms with Crippen molar-refractivity contribution in [1.82, 2.24) is 0 Å². The quantitative estimate of drug-likeness (QED) is 0.852. The molecule has 0 amide bonds. The van der Waals surface area contributed by atoms with Gasteiger partial charge in [0.15, 0.2) is 0 Å². The molecule has 18 heavy (non-hydrogen) atoms. The molecule has 0 radical (unpaired) electrons. The second kappa shape index (κ2) is 5.31. The third kappa shape index (κ3) is 2.14. The smallest absolute Gasteiger partial charge is 0.120 e. The van der Waals surface area contributed by atoms with Gasteiger partial charge in [0.05, 0.1) is 0 Å². The van der Waals surface area contributed by atoms with Gasteiger partial charge in [-0.2, -0.15) is 0 Å². The number of hydrogen-bond acceptors (Lipinski definition) is 2. The molecule has 0 saturated carbocycles. The first-order valence-electron chi connectivity index (χ1n) is 7.23. The summed E-state index contributed by atoms with van der Waals surface area (Å²) in [5.41, 5.74) is 8.70. The first kappa shape index (κ1) is 13.4. The Balaban J connectivity index is 2.48. The van der Waals surface area contributed by atoms with Crippen molar-refractivity contribution < 1.29 is 5.11 Å². The Bertz CT molecular complexity index is 416. The molecule has 0 heterocycles. The summed E-state index contributed by atoms with van der Waals surface area (Å²) in [5, 5.41) is 10.2. The maximum atomic E-state index is 10.2. The number of nitrogens with two attached hydrogens (primary N) is 1. The van der Waals surface area contributed by atoms with Gasteiger partial charge in [-0.05, 0) is 43.2 Å². The monoisotopic (exact) mass is 247 g/mol. The molecule has 0 aromatic heterocycles. The molecule has 0 fully saturated rings. The molecule has 1 aromatic rings. The minimum atomic E-state index is -0.330. The zero-order valence-electron chi connectivity index (χ0n) is 11.6. The predicted octanol–water partition coefficient (Wildman–Crippen LogP) is 3.71. The van der Waals surface area contributed by atoms with E-state index in [1.54, 1.807) is 6.07 Å². The molecule has 1 aromatic carbocycles. The van der Waals surface area contributed by atoms with Crippen molar-refractivity contribution in [2.24, 2.45) is 11.7 Å². The first-order chi connectivity index (χ1) is 8.63. The van der Waals surface area contributed by atoms with Crippen LogP contribution in [0.25, 0.3) is 0 Å². The minimum absolute atomic E-state index is 0.330.